The third-order valence-corrected chi connectivity index (χ3v) is 4.64. The normalized spacial score (nSPS) is 15.3. The topological polar surface area (TPSA) is 56.0 Å². The molecule has 2 aromatic rings. The molecule has 0 radical (unpaired) electrons. The van der Waals surface area contributed by atoms with E-state index in [9.17, 15) is 14.4 Å². The van der Waals surface area contributed by atoms with E-state index in [1.165, 1.54) is 30.1 Å². The van der Waals surface area contributed by atoms with Crippen LogP contribution in [-0.2, 0) is 4.79 Å². The molecule has 1 heterocycles. The van der Waals surface area contributed by atoms with Crippen LogP contribution in [0.15, 0.2) is 53.7 Å². The number of thioether (sulfide) groups is 1. The standard InChI is InChI=1S/C16H15FN2O2S/c17-12-6-4-11(5-7-12)15(16(20)18-13-8-9-13)22-14-3-1-2-10-19(14)21/h1-7,10,13,15H,8-9H2,(H,18,20). The predicted molar refractivity (Wildman–Crippen MR) is 81.6 cm³/mol. The second-order valence-corrected chi connectivity index (χ2v) is 6.32. The number of hydrogen-bond donors (Lipinski definition) is 1. The number of nitrogens with zero attached hydrogens (tertiary/aromatic N) is 1. The maximum Gasteiger partial charge on any atom is 0.252 e. The van der Waals surface area contributed by atoms with Crippen LogP contribution in [0.4, 0.5) is 4.39 Å². The van der Waals surface area contributed by atoms with Crippen molar-refractivity contribution >= 4 is 17.7 Å². The van der Waals surface area contributed by atoms with Crippen LogP contribution in [0.1, 0.15) is 23.7 Å². The number of pyridine rings is 1. The van der Waals surface area contributed by atoms with Gasteiger partial charge in [0, 0.05) is 18.2 Å². The van der Waals surface area contributed by atoms with Crippen molar-refractivity contribution in [3.8, 4) is 0 Å². The van der Waals surface area contributed by atoms with Gasteiger partial charge in [0.25, 0.3) is 5.03 Å². The number of rotatable bonds is 5. The summed E-state index contributed by atoms with van der Waals surface area (Å²) >= 11 is 1.17. The minimum Gasteiger partial charge on any atom is -0.618 e. The highest BCUT2D eigenvalue weighted by molar-refractivity contribution is 8.00. The van der Waals surface area contributed by atoms with Crippen LogP contribution in [0.25, 0.3) is 0 Å². The molecule has 1 unspecified atom stereocenters. The molecule has 22 heavy (non-hydrogen) atoms. The first-order chi connectivity index (χ1) is 10.6. The van der Waals surface area contributed by atoms with Crippen molar-refractivity contribution in [3.63, 3.8) is 0 Å². The van der Waals surface area contributed by atoms with Gasteiger partial charge in [0.05, 0.1) is 0 Å². The molecule has 0 aliphatic heterocycles. The van der Waals surface area contributed by atoms with Gasteiger partial charge in [0.2, 0.25) is 5.91 Å². The number of benzene rings is 1. The van der Waals surface area contributed by atoms with Crippen LogP contribution in [0.2, 0.25) is 0 Å². The second-order valence-electron chi connectivity index (χ2n) is 5.20. The Balaban J connectivity index is 1.86. The Hall–Kier alpha value is -2.08. The van der Waals surface area contributed by atoms with Gasteiger partial charge < -0.3 is 10.5 Å². The number of aromatic nitrogens is 1. The van der Waals surface area contributed by atoms with Crippen molar-refractivity contribution in [2.75, 3.05) is 0 Å². The molecule has 1 aromatic heterocycles. The maximum atomic E-state index is 13.1. The predicted octanol–water partition coefficient (Wildman–Crippen LogP) is 2.57. The summed E-state index contributed by atoms with van der Waals surface area (Å²) in [6, 6.07) is 11.1. The minimum atomic E-state index is -0.580. The van der Waals surface area contributed by atoms with Crippen molar-refractivity contribution in [1.82, 2.24) is 5.32 Å². The van der Waals surface area contributed by atoms with Gasteiger partial charge in [0.15, 0.2) is 6.20 Å². The Bertz CT molecular complexity index is 674. The largest absolute Gasteiger partial charge is 0.618 e. The fourth-order valence-corrected chi connectivity index (χ4v) is 3.07. The quantitative estimate of drug-likeness (QED) is 0.524. The summed E-state index contributed by atoms with van der Waals surface area (Å²) in [4.78, 5) is 12.5. The third-order valence-electron chi connectivity index (χ3n) is 3.36. The number of hydrogen-bond acceptors (Lipinski definition) is 3. The molecule has 1 aliphatic rings. The molecule has 1 fully saturated rings. The van der Waals surface area contributed by atoms with Gasteiger partial charge >= 0.3 is 0 Å². The zero-order chi connectivity index (χ0) is 15.5. The molecule has 1 atom stereocenters. The zero-order valence-corrected chi connectivity index (χ0v) is 12.6. The van der Waals surface area contributed by atoms with Gasteiger partial charge in [-0.3, -0.25) is 4.79 Å². The number of carbonyl (C=O) groups is 1. The van der Waals surface area contributed by atoms with Crippen molar-refractivity contribution in [3.05, 3.63) is 65.2 Å². The summed E-state index contributed by atoms with van der Waals surface area (Å²) < 4.78 is 13.8. The van der Waals surface area contributed by atoms with E-state index in [4.69, 9.17) is 0 Å². The first-order valence-electron chi connectivity index (χ1n) is 7.04. The fourth-order valence-electron chi connectivity index (χ4n) is 2.04. The van der Waals surface area contributed by atoms with Crippen LogP contribution in [0.5, 0.6) is 0 Å². The molecule has 0 saturated heterocycles. The number of nitrogens with one attached hydrogen (secondary N) is 1. The highest BCUT2D eigenvalue weighted by Gasteiger charge is 2.30. The van der Waals surface area contributed by atoms with Gasteiger partial charge in [-0.2, -0.15) is 4.73 Å². The molecule has 1 saturated carbocycles. The van der Waals surface area contributed by atoms with Gasteiger partial charge in [-0.05, 0) is 48.4 Å². The van der Waals surface area contributed by atoms with Crippen LogP contribution in [0.3, 0.4) is 0 Å². The summed E-state index contributed by atoms with van der Waals surface area (Å²) in [5.74, 6) is -0.503. The van der Waals surface area contributed by atoms with E-state index in [0.717, 1.165) is 17.6 Å². The first kappa shape index (κ1) is 14.8. The molecule has 1 aliphatic carbocycles. The monoisotopic (exact) mass is 318 g/mol. The van der Waals surface area contributed by atoms with Crippen LogP contribution < -0.4 is 10.0 Å². The average molecular weight is 318 g/mol. The minimum absolute atomic E-state index is 0.150. The number of halogens is 1. The second kappa shape index (κ2) is 6.36. The summed E-state index contributed by atoms with van der Waals surface area (Å²) in [6.07, 6.45) is 3.36. The van der Waals surface area contributed by atoms with Crippen LogP contribution in [0, 0.1) is 11.0 Å². The van der Waals surface area contributed by atoms with E-state index in [1.54, 1.807) is 30.3 Å². The first-order valence-corrected chi connectivity index (χ1v) is 7.92. The smallest absolute Gasteiger partial charge is 0.252 e. The Morgan fingerprint density at radius 1 is 1.27 bits per heavy atom. The summed E-state index contributed by atoms with van der Waals surface area (Å²) in [7, 11) is 0. The average Bonchev–Trinajstić information content (AvgIpc) is 3.31. The molecule has 114 valence electrons. The lowest BCUT2D eigenvalue weighted by atomic mass is 10.1. The fraction of sp³-hybridized carbons (Fsp3) is 0.250. The van der Waals surface area contributed by atoms with Crippen molar-refractivity contribution in [2.24, 2.45) is 0 Å². The molecule has 4 nitrogen and oxygen atoms in total. The third kappa shape index (κ3) is 3.57. The maximum absolute atomic E-state index is 13.1. The van der Waals surface area contributed by atoms with E-state index >= 15 is 0 Å². The van der Waals surface area contributed by atoms with Crippen LogP contribution >= 0.6 is 11.8 Å². The summed E-state index contributed by atoms with van der Waals surface area (Å²) in [5, 5.41) is 14.6. The number of carbonyl (C=O) groups excluding carboxylic acids is 1. The van der Waals surface area contributed by atoms with E-state index in [1.807, 2.05) is 0 Å². The Kier molecular flexibility index (Phi) is 4.29. The Morgan fingerprint density at radius 3 is 2.64 bits per heavy atom. The van der Waals surface area contributed by atoms with Gasteiger partial charge in [-0.1, -0.05) is 12.1 Å². The van der Waals surface area contributed by atoms with Crippen molar-refractivity contribution in [2.45, 2.75) is 29.2 Å². The van der Waals surface area contributed by atoms with Crippen molar-refractivity contribution in [1.29, 1.82) is 0 Å². The van der Waals surface area contributed by atoms with Gasteiger partial charge in [-0.15, -0.1) is 0 Å². The molecular weight excluding hydrogens is 303 g/mol. The lowest BCUT2D eigenvalue weighted by Crippen LogP contribution is -2.32. The number of amides is 1. The Labute approximate surface area is 131 Å². The van der Waals surface area contributed by atoms with E-state index in [2.05, 4.69) is 5.32 Å². The van der Waals surface area contributed by atoms with E-state index in [0.29, 0.717) is 10.6 Å². The van der Waals surface area contributed by atoms with Crippen molar-refractivity contribution < 1.29 is 13.9 Å². The van der Waals surface area contributed by atoms with Crippen LogP contribution in [-0.4, -0.2) is 11.9 Å². The molecule has 1 amide bonds. The lowest BCUT2D eigenvalue weighted by molar-refractivity contribution is -0.645. The molecule has 0 spiro atoms. The van der Waals surface area contributed by atoms with Gasteiger partial charge in [0.1, 0.15) is 11.1 Å². The zero-order valence-electron chi connectivity index (χ0n) is 11.7. The SMILES string of the molecule is O=C(NC1CC1)C(Sc1cccc[n+]1[O-])c1ccc(F)cc1. The molecule has 1 N–H and O–H groups in total. The Morgan fingerprint density at radius 2 is 2.00 bits per heavy atom. The van der Waals surface area contributed by atoms with E-state index in [-0.39, 0.29) is 17.8 Å². The molecular formula is C16H15FN2O2S. The summed E-state index contributed by atoms with van der Waals surface area (Å²) in [6.45, 7) is 0. The molecule has 1 aromatic carbocycles. The van der Waals surface area contributed by atoms with Gasteiger partial charge in [-0.25, -0.2) is 4.39 Å². The lowest BCUT2D eigenvalue weighted by Gasteiger charge is -2.16. The molecule has 0 bridgehead atoms. The molecule has 3 rings (SSSR count). The highest BCUT2D eigenvalue weighted by atomic mass is 32.2. The summed E-state index contributed by atoms with van der Waals surface area (Å²) in [5.41, 5.74) is 0.674. The van der Waals surface area contributed by atoms with E-state index < -0.39 is 5.25 Å². The molecule has 6 heteroatoms. The highest BCUT2D eigenvalue weighted by Crippen LogP contribution is 2.34.